The molecule has 1 aliphatic heterocycles. The number of H-pyrrole nitrogens is 1. The number of aromatic nitrogens is 3. The average molecular weight is 442 g/mol. The first-order valence-corrected chi connectivity index (χ1v) is 10.7. The zero-order valence-corrected chi connectivity index (χ0v) is 18.1. The SMILES string of the molecule is CCC(O)C(NC(=O)Nc1cc2[nH]nc(N3CCOCC3)c2c(C)n1)c1ccc(F)cc1. The molecule has 1 aliphatic rings. The zero-order valence-electron chi connectivity index (χ0n) is 18.1. The van der Waals surface area contributed by atoms with Crippen LogP contribution in [-0.2, 0) is 4.74 Å². The highest BCUT2D eigenvalue weighted by Gasteiger charge is 2.23. The predicted molar refractivity (Wildman–Crippen MR) is 119 cm³/mol. The summed E-state index contributed by atoms with van der Waals surface area (Å²) >= 11 is 0. The number of ether oxygens (including phenoxy) is 1. The van der Waals surface area contributed by atoms with E-state index in [1.54, 1.807) is 18.2 Å². The van der Waals surface area contributed by atoms with Gasteiger partial charge in [-0.3, -0.25) is 10.4 Å². The Morgan fingerprint density at radius 2 is 2.03 bits per heavy atom. The minimum atomic E-state index is -0.827. The number of fused-ring (bicyclic) bond motifs is 1. The van der Waals surface area contributed by atoms with E-state index in [1.165, 1.54) is 12.1 Å². The molecule has 1 aromatic carbocycles. The molecule has 1 saturated heterocycles. The summed E-state index contributed by atoms with van der Waals surface area (Å²) in [5, 5.41) is 24.2. The second-order valence-corrected chi connectivity index (χ2v) is 7.77. The number of hydrogen-bond acceptors (Lipinski definition) is 6. The summed E-state index contributed by atoms with van der Waals surface area (Å²) in [6, 6.07) is 6.20. The molecule has 0 radical (unpaired) electrons. The maximum absolute atomic E-state index is 13.3. The largest absolute Gasteiger partial charge is 0.391 e. The van der Waals surface area contributed by atoms with E-state index in [-0.39, 0.29) is 5.82 Å². The lowest BCUT2D eigenvalue weighted by Gasteiger charge is -2.27. The van der Waals surface area contributed by atoms with E-state index in [4.69, 9.17) is 4.74 Å². The van der Waals surface area contributed by atoms with Gasteiger partial charge in [0.15, 0.2) is 5.82 Å². The summed E-state index contributed by atoms with van der Waals surface area (Å²) in [5.41, 5.74) is 2.11. The zero-order chi connectivity index (χ0) is 22.7. The van der Waals surface area contributed by atoms with Crippen molar-refractivity contribution in [3.63, 3.8) is 0 Å². The lowest BCUT2D eigenvalue weighted by molar-refractivity contribution is 0.122. The Labute approximate surface area is 185 Å². The topological polar surface area (TPSA) is 115 Å². The lowest BCUT2D eigenvalue weighted by Crippen LogP contribution is -2.38. The summed E-state index contributed by atoms with van der Waals surface area (Å²) in [6.07, 6.45) is -0.406. The van der Waals surface area contributed by atoms with Gasteiger partial charge in [-0.15, -0.1) is 0 Å². The second kappa shape index (κ2) is 9.49. The highest BCUT2D eigenvalue weighted by atomic mass is 19.1. The maximum atomic E-state index is 13.3. The van der Waals surface area contributed by atoms with Crippen molar-refractivity contribution in [2.45, 2.75) is 32.4 Å². The van der Waals surface area contributed by atoms with Crippen molar-refractivity contribution in [1.29, 1.82) is 0 Å². The Morgan fingerprint density at radius 3 is 2.72 bits per heavy atom. The van der Waals surface area contributed by atoms with Crippen LogP contribution >= 0.6 is 0 Å². The normalized spacial score (nSPS) is 16.1. The van der Waals surface area contributed by atoms with Crippen LogP contribution in [0, 0.1) is 12.7 Å². The van der Waals surface area contributed by atoms with Crippen molar-refractivity contribution < 1.29 is 19.0 Å². The molecule has 9 nitrogen and oxygen atoms in total. The van der Waals surface area contributed by atoms with Crippen LogP contribution in [-0.4, -0.2) is 58.7 Å². The number of amides is 2. The number of nitrogens with zero attached hydrogens (tertiary/aromatic N) is 3. The Hall–Kier alpha value is -3.24. The quantitative estimate of drug-likeness (QED) is 0.467. The number of nitrogens with one attached hydrogen (secondary N) is 3. The van der Waals surface area contributed by atoms with Crippen LogP contribution in [0.3, 0.4) is 0 Å². The van der Waals surface area contributed by atoms with Gasteiger partial charge in [-0.25, -0.2) is 14.2 Å². The highest BCUT2D eigenvalue weighted by molar-refractivity contribution is 5.96. The number of aliphatic hydroxyl groups excluding tert-OH is 1. The van der Waals surface area contributed by atoms with Crippen molar-refractivity contribution in [3.05, 3.63) is 47.4 Å². The molecule has 1 fully saturated rings. The van der Waals surface area contributed by atoms with Gasteiger partial charge in [0, 0.05) is 19.2 Å². The third-order valence-electron chi connectivity index (χ3n) is 5.58. The fourth-order valence-electron chi connectivity index (χ4n) is 3.88. The minimum absolute atomic E-state index is 0.355. The smallest absolute Gasteiger partial charge is 0.320 e. The van der Waals surface area contributed by atoms with Gasteiger partial charge in [0.05, 0.1) is 42.0 Å². The number of anilines is 2. The number of benzene rings is 1. The molecule has 0 aliphatic carbocycles. The van der Waals surface area contributed by atoms with E-state index in [2.05, 4.69) is 30.7 Å². The molecule has 2 amide bonds. The third kappa shape index (κ3) is 4.66. The van der Waals surface area contributed by atoms with Crippen molar-refractivity contribution in [2.24, 2.45) is 0 Å². The summed E-state index contributed by atoms with van der Waals surface area (Å²) in [6.45, 7) is 6.49. The van der Waals surface area contributed by atoms with Crippen molar-refractivity contribution in [1.82, 2.24) is 20.5 Å². The number of pyridine rings is 1. The molecule has 3 heterocycles. The number of aliphatic hydroxyl groups is 1. The number of rotatable bonds is 6. The molecular formula is C22H27FN6O3. The third-order valence-corrected chi connectivity index (χ3v) is 5.58. The average Bonchev–Trinajstić information content (AvgIpc) is 3.23. The molecule has 2 aromatic heterocycles. The Bertz CT molecular complexity index is 1080. The van der Waals surface area contributed by atoms with Crippen molar-refractivity contribution in [3.8, 4) is 0 Å². The summed E-state index contributed by atoms with van der Waals surface area (Å²) in [7, 11) is 0. The number of carbonyl (C=O) groups is 1. The number of carbonyl (C=O) groups excluding carboxylic acids is 1. The molecule has 0 spiro atoms. The minimum Gasteiger partial charge on any atom is -0.391 e. The fraction of sp³-hybridized carbons (Fsp3) is 0.409. The molecule has 0 saturated carbocycles. The number of hydrogen-bond donors (Lipinski definition) is 4. The van der Waals surface area contributed by atoms with Crippen LogP contribution in [0.2, 0.25) is 0 Å². The molecular weight excluding hydrogens is 415 g/mol. The van der Waals surface area contributed by atoms with E-state index in [9.17, 15) is 14.3 Å². The molecule has 3 aromatic rings. The standard InChI is InChI=1S/C22H27FN6O3/c1-3-17(30)20(14-4-6-15(23)7-5-14)26-22(31)25-18-12-16-19(13(2)24-18)21(28-27-16)29-8-10-32-11-9-29/h4-7,12,17,20,30H,3,8-11H2,1-2H3,(H,27,28)(H2,24,25,26,31). The van der Waals surface area contributed by atoms with E-state index in [0.29, 0.717) is 31.0 Å². The van der Waals surface area contributed by atoms with Crippen LogP contribution in [0.1, 0.15) is 30.6 Å². The predicted octanol–water partition coefficient (Wildman–Crippen LogP) is 2.88. The number of urea groups is 1. The van der Waals surface area contributed by atoms with Gasteiger partial charge in [-0.1, -0.05) is 19.1 Å². The van der Waals surface area contributed by atoms with Crippen LogP contribution in [0.4, 0.5) is 20.8 Å². The van der Waals surface area contributed by atoms with Crippen molar-refractivity contribution in [2.75, 3.05) is 36.5 Å². The van der Waals surface area contributed by atoms with Gasteiger partial charge in [-0.2, -0.15) is 5.10 Å². The molecule has 10 heteroatoms. The number of halogens is 1. The first-order valence-electron chi connectivity index (χ1n) is 10.7. The van der Waals surface area contributed by atoms with Crippen LogP contribution in [0.25, 0.3) is 10.9 Å². The number of morpholine rings is 1. The summed E-state index contributed by atoms with van der Waals surface area (Å²) in [4.78, 5) is 19.4. The van der Waals surface area contributed by atoms with E-state index in [0.717, 1.165) is 35.5 Å². The molecule has 4 rings (SSSR count). The van der Waals surface area contributed by atoms with Gasteiger partial charge < -0.3 is 20.1 Å². The molecule has 2 unspecified atom stereocenters. The van der Waals surface area contributed by atoms with Gasteiger partial charge in [0.1, 0.15) is 11.6 Å². The molecule has 170 valence electrons. The lowest BCUT2D eigenvalue weighted by atomic mass is 10.00. The first-order chi connectivity index (χ1) is 15.5. The number of aromatic amines is 1. The Balaban J connectivity index is 1.51. The van der Waals surface area contributed by atoms with Gasteiger partial charge in [0.25, 0.3) is 0 Å². The maximum Gasteiger partial charge on any atom is 0.320 e. The van der Waals surface area contributed by atoms with Crippen LogP contribution in [0.15, 0.2) is 30.3 Å². The Kier molecular flexibility index (Phi) is 6.52. The van der Waals surface area contributed by atoms with E-state index < -0.39 is 18.2 Å². The number of aryl methyl sites for hydroxylation is 1. The summed E-state index contributed by atoms with van der Waals surface area (Å²) < 4.78 is 18.7. The molecule has 0 bridgehead atoms. The molecule has 32 heavy (non-hydrogen) atoms. The van der Waals surface area contributed by atoms with Gasteiger partial charge >= 0.3 is 6.03 Å². The molecule has 2 atom stereocenters. The monoisotopic (exact) mass is 442 g/mol. The Morgan fingerprint density at radius 1 is 1.31 bits per heavy atom. The first kappa shape index (κ1) is 22.0. The fourth-order valence-corrected chi connectivity index (χ4v) is 3.88. The van der Waals surface area contributed by atoms with Gasteiger partial charge in [0.2, 0.25) is 0 Å². The van der Waals surface area contributed by atoms with Crippen molar-refractivity contribution >= 4 is 28.6 Å². The van der Waals surface area contributed by atoms with E-state index >= 15 is 0 Å². The van der Waals surface area contributed by atoms with Crippen LogP contribution < -0.4 is 15.5 Å². The highest BCUT2D eigenvalue weighted by Crippen LogP contribution is 2.29. The molecule has 4 N–H and O–H groups in total. The van der Waals surface area contributed by atoms with Gasteiger partial charge in [-0.05, 0) is 31.0 Å². The van der Waals surface area contributed by atoms with E-state index in [1.807, 2.05) is 13.8 Å². The van der Waals surface area contributed by atoms with Crippen LogP contribution in [0.5, 0.6) is 0 Å². The second-order valence-electron chi connectivity index (χ2n) is 7.77. The summed E-state index contributed by atoms with van der Waals surface area (Å²) in [5.74, 6) is 0.798.